The molecule has 0 fully saturated rings. The van der Waals surface area contributed by atoms with Crippen molar-refractivity contribution in [1.29, 1.82) is 0 Å². The van der Waals surface area contributed by atoms with Crippen molar-refractivity contribution in [2.24, 2.45) is 0 Å². The number of benzene rings is 2. The summed E-state index contributed by atoms with van der Waals surface area (Å²) in [4.78, 5) is 1.95. The molecule has 0 atom stereocenters. The molecule has 19 heavy (non-hydrogen) atoms. The molecule has 0 aliphatic heterocycles. The van der Waals surface area contributed by atoms with Crippen LogP contribution in [0.2, 0.25) is 10.0 Å². The summed E-state index contributed by atoms with van der Waals surface area (Å²) in [5.74, 6) is 0.530. The van der Waals surface area contributed by atoms with Gasteiger partial charge < -0.3 is 5.73 Å². The zero-order chi connectivity index (χ0) is 14.0. The van der Waals surface area contributed by atoms with Gasteiger partial charge in [0.15, 0.2) is 0 Å². The number of anilines is 1. The van der Waals surface area contributed by atoms with Crippen molar-refractivity contribution in [2.75, 3.05) is 5.73 Å². The smallest absolute Gasteiger partial charge is 0.0581 e. The molecule has 0 saturated carbocycles. The third kappa shape index (κ3) is 3.59. The molecule has 0 radical (unpaired) electrons. The molecule has 100 valence electrons. The third-order valence-corrected chi connectivity index (χ3v) is 4.76. The minimum atomic E-state index is 0.530. The van der Waals surface area contributed by atoms with Gasteiger partial charge in [-0.25, -0.2) is 0 Å². The van der Waals surface area contributed by atoms with Crippen molar-refractivity contribution < 1.29 is 0 Å². The van der Waals surface area contributed by atoms with E-state index < -0.39 is 0 Å². The SMILES string of the molecule is CC(C)c1ccc(Sc2c(Cl)cc(N)cc2Cl)cc1. The standard InChI is InChI=1S/C15H15Cl2NS/c1-9(2)10-3-5-12(6-4-10)19-15-13(16)7-11(18)8-14(15)17/h3-9H,18H2,1-2H3. The fourth-order valence-corrected chi connectivity index (χ4v) is 3.27. The average Bonchev–Trinajstić information content (AvgIpc) is 2.34. The summed E-state index contributed by atoms with van der Waals surface area (Å²) in [7, 11) is 0. The van der Waals surface area contributed by atoms with E-state index in [0.29, 0.717) is 21.7 Å². The van der Waals surface area contributed by atoms with Crippen LogP contribution in [0.15, 0.2) is 46.2 Å². The maximum Gasteiger partial charge on any atom is 0.0581 e. The van der Waals surface area contributed by atoms with E-state index in [1.807, 2.05) is 0 Å². The van der Waals surface area contributed by atoms with Gasteiger partial charge >= 0.3 is 0 Å². The number of nitrogen functional groups attached to an aromatic ring is 1. The molecule has 2 aromatic rings. The Kier molecular flexibility index (Phi) is 4.67. The zero-order valence-corrected chi connectivity index (χ0v) is 13.1. The van der Waals surface area contributed by atoms with Gasteiger partial charge in [0, 0.05) is 15.5 Å². The lowest BCUT2D eigenvalue weighted by Crippen LogP contribution is -1.88. The van der Waals surface area contributed by atoms with E-state index in [-0.39, 0.29) is 0 Å². The largest absolute Gasteiger partial charge is 0.399 e. The second-order valence-electron chi connectivity index (χ2n) is 4.64. The molecule has 0 spiro atoms. The van der Waals surface area contributed by atoms with E-state index in [4.69, 9.17) is 28.9 Å². The topological polar surface area (TPSA) is 26.0 Å². The Bertz CT molecular complexity index is 556. The molecule has 0 unspecified atom stereocenters. The van der Waals surface area contributed by atoms with Gasteiger partial charge in [-0.1, -0.05) is 60.9 Å². The van der Waals surface area contributed by atoms with Crippen LogP contribution in [0.5, 0.6) is 0 Å². The molecule has 0 amide bonds. The van der Waals surface area contributed by atoms with E-state index >= 15 is 0 Å². The van der Waals surface area contributed by atoms with Crippen LogP contribution in [0.3, 0.4) is 0 Å². The molecule has 2 rings (SSSR count). The third-order valence-electron chi connectivity index (χ3n) is 2.79. The fourth-order valence-electron chi connectivity index (χ4n) is 1.72. The predicted octanol–water partition coefficient (Wildman–Crippen LogP) is 5.85. The summed E-state index contributed by atoms with van der Waals surface area (Å²) in [6.07, 6.45) is 0. The summed E-state index contributed by atoms with van der Waals surface area (Å²) >= 11 is 13.9. The number of halogens is 2. The Balaban J connectivity index is 2.26. The molecule has 4 heteroatoms. The fraction of sp³-hybridized carbons (Fsp3) is 0.200. The van der Waals surface area contributed by atoms with Crippen LogP contribution in [0.25, 0.3) is 0 Å². The molecular weight excluding hydrogens is 297 g/mol. The van der Waals surface area contributed by atoms with Gasteiger partial charge in [0.1, 0.15) is 0 Å². The van der Waals surface area contributed by atoms with Gasteiger partial charge in [0.05, 0.1) is 10.0 Å². The summed E-state index contributed by atoms with van der Waals surface area (Å²) in [6.45, 7) is 4.35. The molecule has 0 bridgehead atoms. The highest BCUT2D eigenvalue weighted by molar-refractivity contribution is 7.99. The zero-order valence-electron chi connectivity index (χ0n) is 10.8. The van der Waals surface area contributed by atoms with Crippen molar-refractivity contribution in [3.05, 3.63) is 52.0 Å². The summed E-state index contributed by atoms with van der Waals surface area (Å²) in [5.41, 5.74) is 7.59. The highest BCUT2D eigenvalue weighted by atomic mass is 35.5. The lowest BCUT2D eigenvalue weighted by Gasteiger charge is -2.09. The van der Waals surface area contributed by atoms with Crippen molar-refractivity contribution in [2.45, 2.75) is 29.6 Å². The van der Waals surface area contributed by atoms with Gasteiger partial charge in [-0.05, 0) is 35.7 Å². The van der Waals surface area contributed by atoms with E-state index in [1.165, 1.54) is 5.56 Å². The van der Waals surface area contributed by atoms with Crippen LogP contribution in [-0.2, 0) is 0 Å². The van der Waals surface area contributed by atoms with Crippen molar-refractivity contribution in [1.82, 2.24) is 0 Å². The second kappa shape index (κ2) is 6.08. The summed E-state index contributed by atoms with van der Waals surface area (Å²) < 4.78 is 0. The number of hydrogen-bond donors (Lipinski definition) is 1. The molecule has 1 nitrogen and oxygen atoms in total. The van der Waals surface area contributed by atoms with Gasteiger partial charge in [0.25, 0.3) is 0 Å². The van der Waals surface area contributed by atoms with E-state index in [0.717, 1.165) is 9.79 Å². The first-order valence-electron chi connectivity index (χ1n) is 5.99. The quantitative estimate of drug-likeness (QED) is 0.719. The lowest BCUT2D eigenvalue weighted by atomic mass is 10.0. The molecule has 0 aromatic heterocycles. The molecule has 2 aromatic carbocycles. The minimum Gasteiger partial charge on any atom is -0.399 e. The van der Waals surface area contributed by atoms with Crippen LogP contribution < -0.4 is 5.73 Å². The van der Waals surface area contributed by atoms with Gasteiger partial charge in [-0.2, -0.15) is 0 Å². The second-order valence-corrected chi connectivity index (χ2v) is 6.54. The van der Waals surface area contributed by atoms with E-state index in [1.54, 1.807) is 23.9 Å². The Morgan fingerprint density at radius 2 is 1.53 bits per heavy atom. The van der Waals surface area contributed by atoms with Crippen molar-refractivity contribution in [3.63, 3.8) is 0 Å². The lowest BCUT2D eigenvalue weighted by molar-refractivity contribution is 0.865. The van der Waals surface area contributed by atoms with Crippen molar-refractivity contribution in [3.8, 4) is 0 Å². The Labute approximate surface area is 128 Å². The summed E-state index contributed by atoms with van der Waals surface area (Å²) in [6, 6.07) is 11.9. The number of hydrogen-bond acceptors (Lipinski definition) is 2. The molecule has 0 saturated heterocycles. The first-order valence-corrected chi connectivity index (χ1v) is 7.57. The molecule has 0 aliphatic rings. The van der Waals surface area contributed by atoms with Crippen LogP contribution in [-0.4, -0.2) is 0 Å². The Morgan fingerprint density at radius 1 is 1.00 bits per heavy atom. The van der Waals surface area contributed by atoms with Gasteiger partial charge in [-0.3, -0.25) is 0 Å². The van der Waals surface area contributed by atoms with Crippen LogP contribution >= 0.6 is 35.0 Å². The van der Waals surface area contributed by atoms with Crippen LogP contribution in [0, 0.1) is 0 Å². The first kappa shape index (κ1) is 14.6. The monoisotopic (exact) mass is 311 g/mol. The summed E-state index contributed by atoms with van der Waals surface area (Å²) in [5, 5.41) is 1.17. The average molecular weight is 312 g/mol. The molecule has 0 heterocycles. The molecule has 0 aliphatic carbocycles. The minimum absolute atomic E-state index is 0.530. The van der Waals surface area contributed by atoms with Crippen LogP contribution in [0.1, 0.15) is 25.3 Å². The van der Waals surface area contributed by atoms with Gasteiger partial charge in [-0.15, -0.1) is 0 Å². The predicted molar refractivity (Wildman–Crippen MR) is 85.5 cm³/mol. The van der Waals surface area contributed by atoms with Gasteiger partial charge in [0.2, 0.25) is 0 Å². The Morgan fingerprint density at radius 3 is 2.00 bits per heavy atom. The number of nitrogens with two attached hydrogens (primary N) is 1. The highest BCUT2D eigenvalue weighted by Crippen LogP contribution is 2.40. The van der Waals surface area contributed by atoms with E-state index in [9.17, 15) is 0 Å². The van der Waals surface area contributed by atoms with E-state index in [2.05, 4.69) is 38.1 Å². The van der Waals surface area contributed by atoms with Crippen molar-refractivity contribution >= 4 is 40.7 Å². The molecule has 2 N–H and O–H groups in total. The maximum absolute atomic E-state index is 6.18. The maximum atomic E-state index is 6.18. The highest BCUT2D eigenvalue weighted by Gasteiger charge is 2.09. The molecular formula is C15H15Cl2NS. The Hall–Kier alpha value is -0.830. The first-order chi connectivity index (χ1) is 8.97. The normalized spacial score (nSPS) is 11.0. The van der Waals surface area contributed by atoms with Crippen LogP contribution in [0.4, 0.5) is 5.69 Å². The number of rotatable bonds is 3.